The number of allylic oxidation sites excluding steroid dienone is 3. The Morgan fingerprint density at radius 1 is 0.787 bits per heavy atom. The topological polar surface area (TPSA) is 384 Å². The van der Waals surface area contributed by atoms with Gasteiger partial charge >= 0.3 is 6.09 Å². The zero-order valence-corrected chi connectivity index (χ0v) is 68.6. The quantitative estimate of drug-likeness (QED) is 0.00851. The first-order valence-corrected chi connectivity index (χ1v) is 40.6. The number of fused-ring (bicyclic) bond motifs is 2. The molecule has 4 saturated heterocycles. The molecule has 1 aromatic carbocycles. The molecular weight excluding hydrogens is 1590 g/mol. The number of halogens is 1. The second-order valence-corrected chi connectivity index (χ2v) is 32.5. The summed E-state index contributed by atoms with van der Waals surface area (Å²) in [6.07, 6.45) is -13.4. The summed E-state index contributed by atoms with van der Waals surface area (Å²) in [7, 11) is 9.99. The standard InChI is InChI=1S/C73H113IN4O27S3/c1-14-78(24-19-25-92-27-29-94-31-33-96-35-36-97-34-32-95-30-28-93-26-23-75)47-41-98-52(39-51(47)87-9)103-65-60(82)57(43(3)100-70(65)102-50-20-17-15-16-18-22-73(86)40-49(80)58(76-71(85)91-13)55(50)46(73)21-37-106-108-72(6,7)8)77-105-53-38-48(79)67(45(5)99-53)107-68(84)54-42(2)56(74)63(66(90-12)62(54)88-10)104-69-61(83)64(89-11)59(81)44(4)101-69/h15-16,21,43-45,47-48,50-53,57,59-61,64-65,67,69-70,77,79,81-84,86,107H,14,19,23-41,75H2,1-13H3,(H,76,85)/b16-15?,46-21+/t43-,44+,45-,47+,48+,50+,51+,52+,53+,57-,59+,60+,61-,64-,65-,67-,69+,70+,73+/m1/s1. The van der Waals surface area contributed by atoms with Crippen LogP contribution in [-0.2, 0) is 80.7 Å². The van der Waals surface area contributed by atoms with Crippen molar-refractivity contribution >= 4 is 72.5 Å². The van der Waals surface area contributed by atoms with Crippen molar-refractivity contribution in [3.8, 4) is 40.9 Å². The average Bonchev–Trinajstić information content (AvgIpc) is 0.745. The van der Waals surface area contributed by atoms with E-state index in [1.807, 2.05) is 29.5 Å². The first-order valence-electron chi connectivity index (χ1n) is 36.2. The van der Waals surface area contributed by atoms with Crippen molar-refractivity contribution in [1.82, 2.24) is 15.7 Å². The molecule has 0 aromatic heterocycles. The van der Waals surface area contributed by atoms with Crippen LogP contribution in [0.5, 0.6) is 17.2 Å². The lowest BCUT2D eigenvalue weighted by molar-refractivity contribution is -0.337. The van der Waals surface area contributed by atoms with Gasteiger partial charge in [-0.1, -0.05) is 79.0 Å². The fourth-order valence-corrected chi connectivity index (χ4v) is 16.8. The zero-order chi connectivity index (χ0) is 78.7. The van der Waals surface area contributed by atoms with Gasteiger partial charge in [0.15, 0.2) is 41.8 Å². The van der Waals surface area contributed by atoms with Gasteiger partial charge in [-0.2, -0.15) is 16.8 Å². The van der Waals surface area contributed by atoms with Crippen molar-refractivity contribution < 1.29 is 130 Å². The minimum atomic E-state index is -2.10. The maximum absolute atomic E-state index is 14.4. The molecule has 1 amide bonds. The molecule has 31 nitrogen and oxygen atoms in total. The first kappa shape index (κ1) is 91.8. The van der Waals surface area contributed by atoms with Crippen LogP contribution in [0.15, 0.2) is 35.1 Å². The number of rotatable bonds is 42. The highest BCUT2D eigenvalue weighted by Crippen LogP contribution is 2.48. The number of nitrogens with one attached hydrogen (secondary N) is 2. The van der Waals surface area contributed by atoms with Crippen LogP contribution in [0.1, 0.15) is 85.3 Å². The number of Topliss-reactive ketones (excluding diaryl/α,β-unsaturated/α-hetero) is 1. The summed E-state index contributed by atoms with van der Waals surface area (Å²) in [5.41, 5.74) is 6.89. The Labute approximate surface area is 658 Å². The molecule has 6 aliphatic rings. The number of hydrogen-bond donors (Lipinski definition) is 10. The summed E-state index contributed by atoms with van der Waals surface area (Å²) < 4.78 is 108. The summed E-state index contributed by atoms with van der Waals surface area (Å²) in [6, 6.07) is -1.35. The van der Waals surface area contributed by atoms with E-state index in [2.05, 4.69) is 60.1 Å². The van der Waals surface area contributed by atoms with Gasteiger partial charge in [0.25, 0.3) is 0 Å². The highest BCUT2D eigenvalue weighted by molar-refractivity contribution is 14.1. The molecule has 19 atom stereocenters. The van der Waals surface area contributed by atoms with E-state index in [0.29, 0.717) is 120 Å². The van der Waals surface area contributed by atoms with E-state index in [1.165, 1.54) is 44.3 Å². The SMILES string of the molecule is CCN(CCCOCCOCCOCCOCCOCCOCCN)[C@H]1CO[C@@H](O[C@H]2[C@H](O[C@H]3C#CC=CC#C[C@]4(O)CC(=O)C(NC(=O)OC)=C3/C4=C\CSSC(C)(C)C)O[C@H](C)[C@@H](NO[C@H]3C[C@H](O)[C@H]([SH]=C(O)c4c(C)c(I)c(O[C@@H]5O[C@@H](C)[C@H](O)[C@@H](OC)[C@H]5O)c(OC)c4OC)[C@@H](C)O3)[C@@H]2O)C[C@@H]1OC. The maximum atomic E-state index is 14.4. The predicted molar refractivity (Wildman–Crippen MR) is 412 cm³/mol. The van der Waals surface area contributed by atoms with Crippen LogP contribution >= 0.6 is 55.5 Å². The molecule has 0 spiro atoms. The molecule has 0 saturated carbocycles. The van der Waals surface area contributed by atoms with E-state index < -0.39 is 127 Å². The van der Waals surface area contributed by atoms with E-state index >= 15 is 0 Å². The lowest BCUT2D eigenvalue weighted by atomic mass is 9.75. The number of ketones is 1. The van der Waals surface area contributed by atoms with Crippen molar-refractivity contribution in [2.24, 2.45) is 5.73 Å². The van der Waals surface area contributed by atoms with Crippen molar-refractivity contribution in [3.63, 3.8) is 0 Å². The number of carbonyl (C=O) groups is 2. The summed E-state index contributed by atoms with van der Waals surface area (Å²) >= 11 is 2.28. The predicted octanol–water partition coefficient (Wildman–Crippen LogP) is 3.51. The molecule has 4 heterocycles. The number of methoxy groups -OCH3 is 5. The van der Waals surface area contributed by atoms with Gasteiger partial charge in [0.2, 0.25) is 12.0 Å². The molecule has 2 aliphatic carbocycles. The number of carbonyl (C=O) groups excluding carboxylic acids is 2. The Bertz CT molecular complexity index is 3250. The number of thiol groups is 1. The highest BCUT2D eigenvalue weighted by Gasteiger charge is 2.52. The van der Waals surface area contributed by atoms with Crippen molar-refractivity contribution in [1.29, 1.82) is 0 Å². The number of likely N-dealkylation sites (N-methyl/N-ethyl adjacent to an activating group) is 1. The molecule has 10 N–H and O–H groups in total. The molecule has 4 fully saturated rings. The monoisotopic (exact) mass is 1700 g/mol. The molecular formula is C73H113IN4O27S3. The number of aliphatic hydroxyl groups excluding tert-OH is 5. The zero-order valence-electron chi connectivity index (χ0n) is 63.9. The number of amides is 1. The van der Waals surface area contributed by atoms with E-state index in [1.54, 1.807) is 51.7 Å². The number of nitrogens with two attached hydrogens (primary N) is 1. The van der Waals surface area contributed by atoms with Gasteiger partial charge in [0, 0.05) is 68.4 Å². The minimum Gasteiger partial charge on any atom is -0.492 e. The third-order valence-corrected chi connectivity index (χ3v) is 24.3. The lowest BCUT2D eigenvalue weighted by Gasteiger charge is -2.47. The van der Waals surface area contributed by atoms with Crippen molar-refractivity contribution in [2.45, 2.75) is 201 Å². The van der Waals surface area contributed by atoms with E-state index in [0.717, 1.165) is 7.11 Å². The van der Waals surface area contributed by atoms with Crippen LogP contribution in [0.25, 0.3) is 0 Å². The van der Waals surface area contributed by atoms with Crippen molar-refractivity contribution in [3.05, 3.63) is 49.8 Å². The third-order valence-electron chi connectivity index (χ3n) is 18.3. The number of aliphatic hydroxyl groups is 6. The number of hydrogen-bond acceptors (Lipinski definition) is 31. The van der Waals surface area contributed by atoms with Gasteiger partial charge in [-0.15, -0.1) is 0 Å². The summed E-state index contributed by atoms with van der Waals surface area (Å²) in [5.74, 6) is 11.6. The number of nitrogens with zero attached hydrogens (tertiary/aromatic N) is 1. The minimum absolute atomic E-state index is 0.0257. The summed E-state index contributed by atoms with van der Waals surface area (Å²) in [4.78, 5) is 36.1. The smallest absolute Gasteiger partial charge is 0.411 e. The van der Waals surface area contributed by atoms with E-state index in [-0.39, 0.29) is 86.3 Å². The van der Waals surface area contributed by atoms with Crippen molar-refractivity contribution in [2.75, 3.05) is 147 Å². The molecule has 0 unspecified atom stereocenters. The second-order valence-electron chi connectivity index (χ2n) is 27.0. The molecule has 7 rings (SSSR count). The number of benzene rings is 1. The third kappa shape index (κ3) is 26.1. The average molecular weight is 1700 g/mol. The van der Waals surface area contributed by atoms with Gasteiger partial charge in [0.05, 0.1) is 170 Å². The normalized spacial score (nSPS) is 30.8. The Balaban J connectivity index is 1.06. The van der Waals surface area contributed by atoms with Crippen LogP contribution in [0, 0.1) is 34.2 Å². The largest absolute Gasteiger partial charge is 0.492 e. The molecule has 35 heteroatoms. The van der Waals surface area contributed by atoms with E-state index in [4.69, 9.17) is 95.8 Å². The Kier molecular flexibility index (Phi) is 39.3. The van der Waals surface area contributed by atoms with E-state index in [9.17, 15) is 40.2 Å². The molecule has 1 aromatic rings. The molecule has 612 valence electrons. The van der Waals surface area contributed by atoms with Crippen LogP contribution in [0.3, 0.4) is 0 Å². The summed E-state index contributed by atoms with van der Waals surface area (Å²) in [5, 5.41) is 72.9. The highest BCUT2D eigenvalue weighted by atomic mass is 127. The number of hydroxylamine groups is 1. The van der Waals surface area contributed by atoms with Gasteiger partial charge in [-0.05, 0) is 81.0 Å². The van der Waals surface area contributed by atoms with Gasteiger partial charge < -0.3 is 122 Å². The Morgan fingerprint density at radius 2 is 1.42 bits per heavy atom. The lowest BCUT2D eigenvalue weighted by Crippen LogP contribution is -2.65. The van der Waals surface area contributed by atoms with Crippen LogP contribution in [0.4, 0.5) is 4.79 Å². The number of ether oxygens (including phenoxy) is 18. The molecule has 0 radical (unpaired) electrons. The Morgan fingerprint density at radius 3 is 2.01 bits per heavy atom. The maximum Gasteiger partial charge on any atom is 0.411 e. The second kappa shape index (κ2) is 46.2. The van der Waals surface area contributed by atoms with Gasteiger partial charge in [0.1, 0.15) is 41.7 Å². The van der Waals surface area contributed by atoms with Crippen LogP contribution < -0.4 is 30.7 Å². The first-order chi connectivity index (χ1) is 51.8. The fourth-order valence-electron chi connectivity index (χ4n) is 12.8. The summed E-state index contributed by atoms with van der Waals surface area (Å²) in [6.45, 7) is 22.3. The molecule has 4 aliphatic heterocycles. The Hall–Kier alpha value is -3.41. The van der Waals surface area contributed by atoms with Gasteiger partial charge in [-0.25, -0.2) is 4.79 Å². The molecule has 2 bridgehead atoms. The van der Waals surface area contributed by atoms with Crippen LogP contribution in [-0.4, -0.2) is 319 Å². The van der Waals surface area contributed by atoms with Crippen LogP contribution in [0.2, 0.25) is 0 Å². The number of alkyl carbamates (subject to hydrolysis) is 1. The van der Waals surface area contributed by atoms with Gasteiger partial charge in [-0.3, -0.25) is 19.8 Å². The molecule has 108 heavy (non-hydrogen) atoms. The fraction of sp³-hybridized carbons (Fsp3) is 0.740.